The highest BCUT2D eigenvalue weighted by Gasteiger charge is 2.29. The lowest BCUT2D eigenvalue weighted by Gasteiger charge is -2.35. The highest BCUT2D eigenvalue weighted by atomic mass is 16.5. The molecule has 4 nitrogen and oxygen atoms in total. The van der Waals surface area contributed by atoms with E-state index in [2.05, 4.69) is 0 Å². The molecule has 2 saturated carbocycles. The van der Waals surface area contributed by atoms with Crippen LogP contribution >= 0.6 is 0 Å². The molecule has 0 aromatic carbocycles. The summed E-state index contributed by atoms with van der Waals surface area (Å²) in [5.41, 5.74) is 11.6. The van der Waals surface area contributed by atoms with Crippen LogP contribution in [-0.4, -0.2) is 35.5 Å². The van der Waals surface area contributed by atoms with E-state index in [0.29, 0.717) is 18.6 Å². The van der Waals surface area contributed by atoms with Gasteiger partial charge in [0.25, 0.3) is 0 Å². The number of rotatable bonds is 2. The fourth-order valence-electron chi connectivity index (χ4n) is 2.75. The van der Waals surface area contributed by atoms with Gasteiger partial charge in [0.2, 0.25) is 0 Å². The van der Waals surface area contributed by atoms with Crippen LogP contribution in [0, 0.1) is 0 Å². The largest absolute Gasteiger partial charge is 0.391 e. The van der Waals surface area contributed by atoms with Gasteiger partial charge in [-0.3, -0.25) is 0 Å². The van der Waals surface area contributed by atoms with Crippen molar-refractivity contribution in [2.75, 3.05) is 0 Å². The fraction of sp³-hybridized carbons (Fsp3) is 1.00. The maximum Gasteiger partial charge on any atom is 0.0715 e. The second-order valence-electron chi connectivity index (χ2n) is 5.34. The summed E-state index contributed by atoms with van der Waals surface area (Å²) in [4.78, 5) is 0. The lowest BCUT2D eigenvalue weighted by atomic mass is 9.89. The number of aliphatic hydroxyl groups is 1. The predicted molar refractivity (Wildman–Crippen MR) is 62.9 cm³/mol. The second-order valence-corrected chi connectivity index (χ2v) is 5.34. The Morgan fingerprint density at radius 2 is 1.50 bits per heavy atom. The zero-order chi connectivity index (χ0) is 11.5. The molecule has 0 amide bonds. The van der Waals surface area contributed by atoms with E-state index < -0.39 is 0 Å². The molecule has 0 aliphatic heterocycles. The summed E-state index contributed by atoms with van der Waals surface area (Å²) in [5.74, 6) is 0. The maximum atomic E-state index is 9.69. The smallest absolute Gasteiger partial charge is 0.0715 e. The van der Waals surface area contributed by atoms with Gasteiger partial charge in [0, 0.05) is 18.5 Å². The molecule has 0 radical (unpaired) electrons. The van der Waals surface area contributed by atoms with E-state index in [9.17, 15) is 5.11 Å². The third-order valence-electron chi connectivity index (χ3n) is 3.92. The van der Waals surface area contributed by atoms with Gasteiger partial charge in [-0.1, -0.05) is 0 Å². The van der Waals surface area contributed by atoms with Crippen LogP contribution < -0.4 is 11.5 Å². The highest BCUT2D eigenvalue weighted by molar-refractivity contribution is 4.84. The Labute approximate surface area is 97.3 Å². The normalized spacial score (nSPS) is 45.6. The van der Waals surface area contributed by atoms with Crippen LogP contribution in [-0.2, 0) is 4.74 Å². The van der Waals surface area contributed by atoms with Crippen molar-refractivity contribution in [3.05, 3.63) is 0 Å². The molecular formula is C12H24N2O2. The average Bonchev–Trinajstić information content (AvgIpc) is 2.27. The number of hydrogen-bond donors (Lipinski definition) is 3. The van der Waals surface area contributed by atoms with Crippen LogP contribution in [0.3, 0.4) is 0 Å². The van der Waals surface area contributed by atoms with E-state index in [1.807, 2.05) is 0 Å². The molecule has 4 heteroatoms. The Kier molecular flexibility index (Phi) is 4.19. The fourth-order valence-corrected chi connectivity index (χ4v) is 2.75. The topological polar surface area (TPSA) is 81.5 Å². The Hall–Kier alpha value is -0.160. The Morgan fingerprint density at radius 1 is 0.875 bits per heavy atom. The Balaban J connectivity index is 1.73. The van der Waals surface area contributed by atoms with E-state index in [-0.39, 0.29) is 18.2 Å². The molecule has 0 saturated heterocycles. The van der Waals surface area contributed by atoms with Gasteiger partial charge in [0.15, 0.2) is 0 Å². The minimum absolute atomic E-state index is 0.0559. The second kappa shape index (κ2) is 5.45. The van der Waals surface area contributed by atoms with Gasteiger partial charge in [-0.2, -0.15) is 0 Å². The van der Waals surface area contributed by atoms with E-state index in [1.165, 1.54) is 0 Å². The van der Waals surface area contributed by atoms with Gasteiger partial charge in [0.05, 0.1) is 18.3 Å². The van der Waals surface area contributed by atoms with E-state index in [0.717, 1.165) is 38.5 Å². The van der Waals surface area contributed by atoms with Crippen molar-refractivity contribution >= 4 is 0 Å². The molecule has 94 valence electrons. The highest BCUT2D eigenvalue weighted by Crippen LogP contribution is 2.26. The van der Waals surface area contributed by atoms with Gasteiger partial charge in [0.1, 0.15) is 0 Å². The van der Waals surface area contributed by atoms with Crippen LogP contribution in [0.2, 0.25) is 0 Å². The zero-order valence-corrected chi connectivity index (χ0v) is 9.85. The zero-order valence-electron chi connectivity index (χ0n) is 9.85. The van der Waals surface area contributed by atoms with Crippen LogP contribution in [0.5, 0.6) is 0 Å². The first kappa shape index (κ1) is 12.3. The minimum atomic E-state index is -0.385. The molecule has 0 heterocycles. The molecule has 3 atom stereocenters. The molecule has 16 heavy (non-hydrogen) atoms. The number of hydrogen-bond acceptors (Lipinski definition) is 4. The summed E-state index contributed by atoms with van der Waals surface area (Å²) in [6.07, 6.45) is 7.01. The van der Waals surface area contributed by atoms with Crippen molar-refractivity contribution in [3.8, 4) is 0 Å². The standard InChI is InChI=1S/C12H24N2O2/c13-8-1-3-9(4-2-8)16-10-5-6-11(14)12(15)7-10/h8-12,15H,1-7,13-14H2. The molecule has 0 aromatic heterocycles. The van der Waals surface area contributed by atoms with Crippen molar-refractivity contribution in [2.45, 2.75) is 75.3 Å². The van der Waals surface area contributed by atoms with Gasteiger partial charge < -0.3 is 21.3 Å². The molecule has 0 spiro atoms. The summed E-state index contributed by atoms with van der Waals surface area (Å²) in [6, 6.07) is 0.310. The molecule has 2 aliphatic rings. The lowest BCUT2D eigenvalue weighted by molar-refractivity contribution is -0.0733. The summed E-state index contributed by atoms with van der Waals surface area (Å²) in [6.45, 7) is 0. The van der Waals surface area contributed by atoms with Gasteiger partial charge in [-0.25, -0.2) is 0 Å². The minimum Gasteiger partial charge on any atom is -0.391 e. The molecule has 2 aliphatic carbocycles. The number of nitrogens with two attached hydrogens (primary N) is 2. The molecule has 5 N–H and O–H groups in total. The van der Waals surface area contributed by atoms with Gasteiger partial charge in [-0.15, -0.1) is 0 Å². The summed E-state index contributed by atoms with van der Waals surface area (Å²) in [5, 5.41) is 9.69. The third kappa shape index (κ3) is 3.17. The number of aliphatic hydroxyl groups excluding tert-OH is 1. The monoisotopic (exact) mass is 228 g/mol. The molecule has 2 rings (SSSR count). The molecule has 0 aromatic rings. The van der Waals surface area contributed by atoms with E-state index in [4.69, 9.17) is 16.2 Å². The van der Waals surface area contributed by atoms with Gasteiger partial charge >= 0.3 is 0 Å². The van der Waals surface area contributed by atoms with E-state index >= 15 is 0 Å². The van der Waals surface area contributed by atoms with Crippen LogP contribution in [0.1, 0.15) is 44.9 Å². The Morgan fingerprint density at radius 3 is 2.12 bits per heavy atom. The van der Waals surface area contributed by atoms with Crippen molar-refractivity contribution < 1.29 is 9.84 Å². The third-order valence-corrected chi connectivity index (χ3v) is 3.92. The maximum absolute atomic E-state index is 9.69. The van der Waals surface area contributed by atoms with Crippen molar-refractivity contribution in [3.63, 3.8) is 0 Å². The van der Waals surface area contributed by atoms with Crippen molar-refractivity contribution in [2.24, 2.45) is 11.5 Å². The van der Waals surface area contributed by atoms with Crippen LogP contribution in [0.4, 0.5) is 0 Å². The van der Waals surface area contributed by atoms with Crippen LogP contribution in [0.25, 0.3) is 0 Å². The number of ether oxygens (including phenoxy) is 1. The quantitative estimate of drug-likeness (QED) is 0.643. The average molecular weight is 228 g/mol. The summed E-state index contributed by atoms with van der Waals surface area (Å²) in [7, 11) is 0. The summed E-state index contributed by atoms with van der Waals surface area (Å²) >= 11 is 0. The predicted octanol–water partition coefficient (Wildman–Crippen LogP) is 0.514. The Bertz CT molecular complexity index is 217. The molecule has 0 bridgehead atoms. The SMILES string of the molecule is NC1CCC(OC2CCC(N)C(O)C2)CC1. The summed E-state index contributed by atoms with van der Waals surface area (Å²) < 4.78 is 6.03. The van der Waals surface area contributed by atoms with Gasteiger partial charge in [-0.05, 0) is 38.5 Å². The molecular weight excluding hydrogens is 204 g/mol. The van der Waals surface area contributed by atoms with E-state index in [1.54, 1.807) is 0 Å². The molecule has 2 fully saturated rings. The van der Waals surface area contributed by atoms with Crippen LogP contribution in [0.15, 0.2) is 0 Å². The first-order valence-corrected chi connectivity index (χ1v) is 6.50. The molecule has 3 unspecified atom stereocenters. The first-order chi connectivity index (χ1) is 7.65. The lowest BCUT2D eigenvalue weighted by Crippen LogP contribution is -2.44. The van der Waals surface area contributed by atoms with Crippen molar-refractivity contribution in [1.29, 1.82) is 0 Å². The first-order valence-electron chi connectivity index (χ1n) is 6.50. The van der Waals surface area contributed by atoms with Crippen molar-refractivity contribution in [1.82, 2.24) is 0 Å².